The van der Waals surface area contributed by atoms with E-state index >= 15 is 0 Å². The Balaban J connectivity index is 1.70. The van der Waals surface area contributed by atoms with Crippen LogP contribution in [0.4, 0.5) is 39.5 Å². The first kappa shape index (κ1) is 29.0. The van der Waals surface area contributed by atoms with Crippen LogP contribution in [0.25, 0.3) is 22.0 Å². The Hall–Kier alpha value is -2.95. The topological polar surface area (TPSA) is 73.4 Å². The molecule has 0 aromatic carbocycles. The van der Waals surface area contributed by atoms with Crippen molar-refractivity contribution in [3.8, 4) is 27.9 Å². The Labute approximate surface area is 222 Å². The van der Waals surface area contributed by atoms with Crippen molar-refractivity contribution < 1.29 is 53.6 Å². The lowest BCUT2D eigenvalue weighted by molar-refractivity contribution is -0.306. The van der Waals surface area contributed by atoms with Crippen molar-refractivity contribution in [2.75, 3.05) is 6.54 Å². The number of aryl methyl sites for hydroxylation is 1. The number of halogens is 10. The van der Waals surface area contributed by atoms with Gasteiger partial charge in [0.05, 0.1) is 10.4 Å². The van der Waals surface area contributed by atoms with Crippen LogP contribution in [-0.2, 0) is 13.2 Å². The van der Waals surface area contributed by atoms with Crippen molar-refractivity contribution in [2.24, 2.45) is 7.05 Å². The molecule has 1 amide bonds. The van der Waals surface area contributed by atoms with E-state index in [1.54, 1.807) is 11.8 Å². The van der Waals surface area contributed by atoms with Crippen molar-refractivity contribution in [1.29, 1.82) is 0 Å². The van der Waals surface area contributed by atoms with E-state index in [9.17, 15) is 44.3 Å². The molecule has 0 bridgehead atoms. The molecule has 4 rings (SSSR count). The summed E-state index contributed by atoms with van der Waals surface area (Å²) < 4.78 is 129. The lowest BCUT2D eigenvalue weighted by Gasteiger charge is -2.22. The lowest BCUT2D eigenvalue weighted by Crippen LogP contribution is -2.46. The second-order valence-corrected chi connectivity index (χ2v) is 10.1. The average Bonchev–Trinajstić information content (AvgIpc) is 3.23. The number of alkyl halides is 9. The number of ether oxygens (including phenoxy) is 1. The zero-order valence-electron chi connectivity index (χ0n) is 19.6. The van der Waals surface area contributed by atoms with E-state index in [4.69, 9.17) is 16.1 Å². The van der Waals surface area contributed by atoms with E-state index < -0.39 is 47.5 Å². The fourth-order valence-electron chi connectivity index (χ4n) is 3.74. The summed E-state index contributed by atoms with van der Waals surface area (Å²) in [4.78, 5) is 14.7. The molecule has 0 aliphatic heterocycles. The van der Waals surface area contributed by atoms with Gasteiger partial charge in [0.1, 0.15) is 21.3 Å². The van der Waals surface area contributed by atoms with Crippen LogP contribution >= 0.6 is 22.9 Å². The fraction of sp³-hybridized carbons (Fsp3) is 0.476. The summed E-state index contributed by atoms with van der Waals surface area (Å²) in [6.07, 6.45) is -20.6. The molecule has 1 aliphatic carbocycles. The smallest absolute Gasteiger partial charge is 0.410 e. The Morgan fingerprint density at radius 1 is 1.23 bits per heavy atom. The minimum Gasteiger partial charge on any atom is -0.410 e. The fourth-order valence-corrected chi connectivity index (χ4v) is 4.95. The molecule has 3 aromatic rings. The third-order valence-corrected chi connectivity index (χ3v) is 6.99. The van der Waals surface area contributed by atoms with Crippen LogP contribution in [0.2, 0.25) is 4.34 Å². The molecule has 39 heavy (non-hydrogen) atoms. The van der Waals surface area contributed by atoms with E-state index in [-0.39, 0.29) is 32.5 Å². The van der Waals surface area contributed by atoms with Gasteiger partial charge in [-0.1, -0.05) is 16.8 Å². The minimum absolute atomic E-state index is 0.0759. The number of aromatic nitrogens is 3. The predicted octanol–water partition coefficient (Wildman–Crippen LogP) is 6.97. The monoisotopic (exact) mass is 610 g/mol. The molecule has 1 saturated carbocycles. The highest BCUT2D eigenvalue weighted by molar-refractivity contribution is 7.19. The average molecular weight is 611 g/mol. The molecule has 0 radical (unpaired) electrons. The number of hydrogen-bond donors (Lipinski definition) is 0. The molecular formula is C21H16ClF9N4O3S. The van der Waals surface area contributed by atoms with Gasteiger partial charge in [-0.3, -0.25) is 9.48 Å². The van der Waals surface area contributed by atoms with E-state index in [2.05, 4.69) is 15.0 Å². The Morgan fingerprint density at radius 2 is 1.87 bits per heavy atom. The molecule has 3 heterocycles. The maximum atomic E-state index is 13.9. The van der Waals surface area contributed by atoms with E-state index in [1.807, 2.05) is 0 Å². The van der Waals surface area contributed by atoms with Crippen molar-refractivity contribution >= 4 is 28.8 Å². The number of amides is 1. The maximum absolute atomic E-state index is 13.9. The highest BCUT2D eigenvalue weighted by Gasteiger charge is 2.60. The number of nitrogens with zero attached hydrogens (tertiary/aromatic N) is 4. The first-order valence-corrected chi connectivity index (χ1v) is 12.1. The number of carbonyl (C=O) groups is 1. The largest absolute Gasteiger partial charge is 0.440 e. The third-order valence-electron chi connectivity index (χ3n) is 5.62. The van der Waals surface area contributed by atoms with Gasteiger partial charge in [0.2, 0.25) is 0 Å². The Morgan fingerprint density at radius 3 is 2.41 bits per heavy atom. The van der Waals surface area contributed by atoms with E-state index in [1.165, 1.54) is 6.07 Å². The van der Waals surface area contributed by atoms with Crippen molar-refractivity contribution in [3.63, 3.8) is 0 Å². The van der Waals surface area contributed by atoms with Gasteiger partial charge in [0.25, 0.3) is 18.0 Å². The molecule has 3 aromatic heterocycles. The SMILES string of the molecule is CCN(C(=O)c1cc(-c2cc(-c3c(C(F)(F)F)c(OC(F)(F)C(F)C(F)(F)F)nn3C)no2)sc1Cl)C1CC1. The van der Waals surface area contributed by atoms with Gasteiger partial charge in [-0.05, 0) is 25.8 Å². The van der Waals surface area contributed by atoms with Crippen LogP contribution in [0.3, 0.4) is 0 Å². The number of thiophene rings is 1. The molecular weight excluding hydrogens is 595 g/mol. The van der Waals surface area contributed by atoms with E-state index in [0.717, 1.165) is 37.3 Å². The summed E-state index contributed by atoms with van der Waals surface area (Å²) >= 11 is 7.08. The zero-order valence-corrected chi connectivity index (χ0v) is 21.2. The molecule has 0 spiro atoms. The van der Waals surface area contributed by atoms with Crippen molar-refractivity contribution in [3.05, 3.63) is 27.6 Å². The molecule has 1 unspecified atom stereocenters. The summed E-state index contributed by atoms with van der Waals surface area (Å²) in [6, 6.07) is 2.39. The van der Waals surface area contributed by atoms with Crippen molar-refractivity contribution in [1.82, 2.24) is 19.8 Å². The second kappa shape index (κ2) is 9.91. The molecule has 1 aliphatic rings. The van der Waals surface area contributed by atoms with Gasteiger partial charge in [0.15, 0.2) is 5.76 Å². The van der Waals surface area contributed by atoms with Crippen molar-refractivity contribution in [2.45, 2.75) is 50.4 Å². The molecule has 7 nitrogen and oxygen atoms in total. The van der Waals surface area contributed by atoms with Gasteiger partial charge in [-0.25, -0.2) is 4.39 Å². The normalized spacial score (nSPS) is 15.5. The molecule has 0 N–H and O–H groups in total. The van der Waals surface area contributed by atoms with Gasteiger partial charge >= 0.3 is 18.5 Å². The summed E-state index contributed by atoms with van der Waals surface area (Å²) in [6.45, 7) is 2.21. The first-order chi connectivity index (χ1) is 18.0. The van der Waals surface area contributed by atoms with Crippen LogP contribution < -0.4 is 4.74 Å². The molecule has 18 heteroatoms. The summed E-state index contributed by atoms with van der Waals surface area (Å²) in [5.74, 6) is -2.52. The van der Waals surface area contributed by atoms with Crippen LogP contribution in [0, 0.1) is 0 Å². The van der Waals surface area contributed by atoms with Crippen LogP contribution in [-0.4, -0.2) is 56.8 Å². The maximum Gasteiger partial charge on any atom is 0.440 e. The summed E-state index contributed by atoms with van der Waals surface area (Å²) in [5, 5.41) is 6.58. The Kier molecular flexibility index (Phi) is 7.38. The van der Waals surface area contributed by atoms with Gasteiger partial charge < -0.3 is 14.2 Å². The van der Waals surface area contributed by atoms with E-state index in [0.29, 0.717) is 11.2 Å². The highest BCUT2D eigenvalue weighted by Crippen LogP contribution is 2.46. The van der Waals surface area contributed by atoms with Crippen LogP contribution in [0.1, 0.15) is 35.7 Å². The molecule has 214 valence electrons. The van der Waals surface area contributed by atoms with Gasteiger partial charge in [0, 0.05) is 25.7 Å². The van der Waals surface area contributed by atoms with Crippen LogP contribution in [0.15, 0.2) is 16.7 Å². The van der Waals surface area contributed by atoms with Gasteiger partial charge in [-0.2, -0.15) is 35.1 Å². The quantitative estimate of drug-likeness (QED) is 0.258. The minimum atomic E-state index is -6.13. The Bertz CT molecular complexity index is 1380. The molecule has 1 fully saturated rings. The predicted molar refractivity (Wildman–Crippen MR) is 118 cm³/mol. The zero-order chi connectivity index (χ0) is 29.1. The number of carbonyl (C=O) groups excluding carboxylic acids is 1. The third kappa shape index (κ3) is 5.69. The molecule has 0 saturated heterocycles. The standard InChI is InChI=1S/C21H16ClF9N4O3S/c1-3-35(8-4-5-8)17(36)9-6-12(39-15(9)22)11-7-10(33-38-11)14-13(19(24,25)26)16(32-34(14)2)37-21(30,31)18(23)20(27,28)29/h6-8,18H,3-5H2,1-2H3. The van der Waals surface area contributed by atoms with Crippen LogP contribution in [0.5, 0.6) is 5.88 Å². The van der Waals surface area contributed by atoms with Gasteiger partial charge in [-0.15, -0.1) is 16.4 Å². The summed E-state index contributed by atoms with van der Waals surface area (Å²) in [5.41, 5.74) is -3.55. The number of hydrogen-bond acceptors (Lipinski definition) is 6. The first-order valence-electron chi connectivity index (χ1n) is 10.9. The second-order valence-electron chi connectivity index (χ2n) is 8.41. The lowest BCUT2D eigenvalue weighted by atomic mass is 10.1. The number of rotatable bonds is 8. The highest BCUT2D eigenvalue weighted by atomic mass is 35.5. The summed E-state index contributed by atoms with van der Waals surface area (Å²) in [7, 11) is 0.844. The molecule has 1 atom stereocenters.